The maximum Gasteiger partial charge on any atom is 0.264 e. The zero-order valence-electron chi connectivity index (χ0n) is 17.7. The smallest absolute Gasteiger partial charge is 0.264 e. The Labute approximate surface area is 187 Å². The van der Waals surface area contributed by atoms with Gasteiger partial charge in [0.05, 0.1) is 12.2 Å². The van der Waals surface area contributed by atoms with Gasteiger partial charge in [-0.1, -0.05) is 48.0 Å². The number of nitrogens with zero attached hydrogens (tertiary/aromatic N) is 2. The van der Waals surface area contributed by atoms with E-state index in [2.05, 4.69) is 0 Å². The Kier molecular flexibility index (Phi) is 6.14. The minimum Gasteiger partial charge on any atom is -0.493 e. The molecule has 0 N–H and O–H groups in total. The quantitative estimate of drug-likeness (QED) is 0.518. The van der Waals surface area contributed by atoms with Crippen molar-refractivity contribution in [2.24, 2.45) is 0 Å². The molecule has 31 heavy (non-hydrogen) atoms. The molecule has 0 atom stereocenters. The number of ether oxygens (including phenoxy) is 1. The molecule has 0 unspecified atom stereocenters. The summed E-state index contributed by atoms with van der Waals surface area (Å²) in [6.45, 7) is 5.06. The molecular weight excluding hydrogens is 412 g/mol. The number of hydrogen-bond acceptors (Lipinski definition) is 3. The molecule has 160 valence electrons. The fraction of sp³-hybridized carbons (Fsp3) is 0.280. The maximum atomic E-state index is 14.0. The van der Waals surface area contributed by atoms with E-state index in [9.17, 15) is 9.59 Å². The fourth-order valence-corrected chi connectivity index (χ4v) is 4.09. The Bertz CT molecular complexity index is 1140. The molecule has 1 heterocycles. The standard InChI is InChI=1S/C25H25ClN2O3/c1-3-31-22-13-11-18-7-4-5-8-20(18)24(22)25(30)28(16-27-14-6-9-23(27)29)19-12-10-17(2)21(26)15-19/h4-5,7-8,10-13,15H,3,6,9,14,16H2,1-2H3. The highest BCUT2D eigenvalue weighted by atomic mass is 35.5. The Morgan fingerprint density at radius 2 is 1.97 bits per heavy atom. The zero-order valence-corrected chi connectivity index (χ0v) is 18.5. The van der Waals surface area contributed by atoms with Crippen molar-refractivity contribution in [1.29, 1.82) is 0 Å². The van der Waals surface area contributed by atoms with Crippen LogP contribution in [-0.4, -0.2) is 36.5 Å². The van der Waals surface area contributed by atoms with Crippen LogP contribution in [0.25, 0.3) is 10.8 Å². The summed E-state index contributed by atoms with van der Waals surface area (Å²) in [5.74, 6) is 0.362. The first-order chi connectivity index (χ1) is 15.0. The van der Waals surface area contributed by atoms with Gasteiger partial charge in [0.25, 0.3) is 5.91 Å². The Morgan fingerprint density at radius 1 is 1.16 bits per heavy atom. The van der Waals surface area contributed by atoms with Crippen molar-refractivity contribution in [2.45, 2.75) is 26.7 Å². The first kappa shape index (κ1) is 21.2. The Hall–Kier alpha value is -3.05. The minimum atomic E-state index is -0.222. The lowest BCUT2D eigenvalue weighted by Gasteiger charge is -2.29. The van der Waals surface area contributed by atoms with E-state index in [-0.39, 0.29) is 18.5 Å². The van der Waals surface area contributed by atoms with Gasteiger partial charge >= 0.3 is 0 Å². The number of hydrogen-bond donors (Lipinski definition) is 0. The van der Waals surface area contributed by atoms with E-state index < -0.39 is 0 Å². The largest absolute Gasteiger partial charge is 0.493 e. The van der Waals surface area contributed by atoms with Crippen LogP contribution in [0.4, 0.5) is 5.69 Å². The molecule has 0 aliphatic carbocycles. The van der Waals surface area contributed by atoms with Gasteiger partial charge in [0.1, 0.15) is 12.4 Å². The number of anilines is 1. The number of benzene rings is 3. The highest BCUT2D eigenvalue weighted by Crippen LogP contribution is 2.32. The molecule has 3 aromatic rings. The van der Waals surface area contributed by atoms with Crippen LogP contribution >= 0.6 is 11.6 Å². The van der Waals surface area contributed by atoms with Gasteiger partial charge < -0.3 is 9.64 Å². The van der Waals surface area contributed by atoms with Crippen molar-refractivity contribution >= 4 is 39.9 Å². The van der Waals surface area contributed by atoms with E-state index in [0.29, 0.717) is 41.6 Å². The van der Waals surface area contributed by atoms with E-state index in [0.717, 1.165) is 22.8 Å². The van der Waals surface area contributed by atoms with E-state index in [1.54, 1.807) is 15.9 Å². The first-order valence-electron chi connectivity index (χ1n) is 10.5. The number of fused-ring (bicyclic) bond motifs is 1. The number of carbonyl (C=O) groups excluding carboxylic acids is 2. The van der Waals surface area contributed by atoms with Gasteiger partial charge in [0, 0.05) is 23.7 Å². The predicted octanol–water partition coefficient (Wildman–Crippen LogP) is 5.43. The third kappa shape index (κ3) is 4.23. The van der Waals surface area contributed by atoms with Gasteiger partial charge in [0.15, 0.2) is 0 Å². The second-order valence-electron chi connectivity index (χ2n) is 7.66. The third-order valence-electron chi connectivity index (χ3n) is 5.60. The highest BCUT2D eigenvalue weighted by Gasteiger charge is 2.29. The van der Waals surface area contributed by atoms with Gasteiger partial charge in [-0.2, -0.15) is 0 Å². The lowest BCUT2D eigenvalue weighted by molar-refractivity contribution is -0.127. The molecule has 1 aliphatic rings. The van der Waals surface area contributed by atoms with E-state index in [4.69, 9.17) is 16.3 Å². The molecule has 1 fully saturated rings. The van der Waals surface area contributed by atoms with Crippen LogP contribution in [0, 0.1) is 6.92 Å². The summed E-state index contributed by atoms with van der Waals surface area (Å²) in [7, 11) is 0. The van der Waals surface area contributed by atoms with Crippen LogP contribution in [-0.2, 0) is 4.79 Å². The minimum absolute atomic E-state index is 0.0546. The van der Waals surface area contributed by atoms with E-state index in [1.807, 2.05) is 62.4 Å². The molecule has 0 bridgehead atoms. The predicted molar refractivity (Wildman–Crippen MR) is 124 cm³/mol. The first-order valence-corrected chi connectivity index (χ1v) is 10.9. The molecule has 0 aromatic heterocycles. The van der Waals surface area contributed by atoms with Crippen LogP contribution in [0.1, 0.15) is 35.7 Å². The molecule has 0 saturated carbocycles. The summed E-state index contributed by atoms with van der Waals surface area (Å²) in [6, 6.07) is 17.1. The molecule has 3 aromatic carbocycles. The third-order valence-corrected chi connectivity index (χ3v) is 6.01. The summed E-state index contributed by atoms with van der Waals surface area (Å²) in [5, 5.41) is 2.34. The molecule has 4 rings (SSSR count). The average Bonchev–Trinajstić information content (AvgIpc) is 3.18. The zero-order chi connectivity index (χ0) is 22.0. The molecule has 6 heteroatoms. The van der Waals surface area contributed by atoms with Gasteiger partial charge in [-0.05, 0) is 54.8 Å². The van der Waals surface area contributed by atoms with Gasteiger partial charge in [-0.15, -0.1) is 0 Å². The maximum absolute atomic E-state index is 14.0. The molecule has 2 amide bonds. The summed E-state index contributed by atoms with van der Waals surface area (Å²) in [6.07, 6.45) is 1.31. The fourth-order valence-electron chi connectivity index (χ4n) is 3.92. The normalized spacial score (nSPS) is 13.6. The van der Waals surface area contributed by atoms with E-state index >= 15 is 0 Å². The van der Waals surface area contributed by atoms with Crippen molar-refractivity contribution in [3.05, 3.63) is 70.7 Å². The Morgan fingerprint density at radius 3 is 2.68 bits per heavy atom. The molecular formula is C25H25ClN2O3. The highest BCUT2D eigenvalue weighted by molar-refractivity contribution is 6.31. The van der Waals surface area contributed by atoms with Crippen LogP contribution < -0.4 is 9.64 Å². The Balaban J connectivity index is 1.84. The van der Waals surface area contributed by atoms with Crippen LogP contribution in [0.3, 0.4) is 0 Å². The van der Waals surface area contributed by atoms with Crippen LogP contribution in [0.5, 0.6) is 5.75 Å². The monoisotopic (exact) mass is 436 g/mol. The number of carbonyl (C=O) groups is 2. The lowest BCUT2D eigenvalue weighted by atomic mass is 10.0. The lowest BCUT2D eigenvalue weighted by Crippen LogP contribution is -2.42. The number of rotatable bonds is 6. The summed E-state index contributed by atoms with van der Waals surface area (Å²) in [4.78, 5) is 29.7. The van der Waals surface area contributed by atoms with Gasteiger partial charge in [-0.3, -0.25) is 14.5 Å². The van der Waals surface area contributed by atoms with Crippen LogP contribution in [0.2, 0.25) is 5.02 Å². The number of likely N-dealkylation sites (tertiary alicyclic amines) is 1. The molecule has 0 radical (unpaired) electrons. The van der Waals surface area contributed by atoms with E-state index in [1.165, 1.54) is 0 Å². The molecule has 5 nitrogen and oxygen atoms in total. The van der Waals surface area contributed by atoms with Crippen molar-refractivity contribution in [3.63, 3.8) is 0 Å². The second-order valence-corrected chi connectivity index (χ2v) is 8.07. The van der Waals surface area contributed by atoms with Crippen molar-refractivity contribution < 1.29 is 14.3 Å². The number of halogens is 1. The van der Waals surface area contributed by atoms with Gasteiger partial charge in [-0.25, -0.2) is 0 Å². The average molecular weight is 437 g/mol. The SMILES string of the molecule is CCOc1ccc2ccccc2c1C(=O)N(CN1CCCC1=O)c1ccc(C)c(Cl)c1. The van der Waals surface area contributed by atoms with Gasteiger partial charge in [0.2, 0.25) is 5.91 Å². The van der Waals surface area contributed by atoms with Crippen molar-refractivity contribution in [3.8, 4) is 5.75 Å². The van der Waals surface area contributed by atoms with Crippen LogP contribution in [0.15, 0.2) is 54.6 Å². The topological polar surface area (TPSA) is 49.9 Å². The summed E-state index contributed by atoms with van der Waals surface area (Å²) >= 11 is 6.39. The summed E-state index contributed by atoms with van der Waals surface area (Å²) < 4.78 is 5.83. The number of aryl methyl sites for hydroxylation is 1. The van der Waals surface area contributed by atoms with Crippen molar-refractivity contribution in [2.75, 3.05) is 24.7 Å². The molecule has 1 aliphatic heterocycles. The summed E-state index contributed by atoms with van der Waals surface area (Å²) in [5.41, 5.74) is 2.06. The molecule has 0 spiro atoms. The molecule has 1 saturated heterocycles. The second kappa shape index (κ2) is 8.98. The van der Waals surface area contributed by atoms with Crippen molar-refractivity contribution in [1.82, 2.24) is 4.90 Å². The number of amides is 2.